The van der Waals surface area contributed by atoms with Crippen LogP contribution in [0.1, 0.15) is 28.5 Å². The van der Waals surface area contributed by atoms with Crippen LogP contribution in [-0.4, -0.2) is 24.7 Å². The van der Waals surface area contributed by atoms with Gasteiger partial charge in [0.2, 0.25) is 0 Å². The average Bonchev–Trinajstić information content (AvgIpc) is 2.99. The van der Waals surface area contributed by atoms with Crippen molar-refractivity contribution in [3.8, 4) is 5.75 Å². The van der Waals surface area contributed by atoms with E-state index in [0.717, 1.165) is 27.8 Å². The number of aryl methyl sites for hydroxylation is 2. The van der Waals surface area contributed by atoms with Gasteiger partial charge in [-0.1, -0.05) is 41.4 Å². The molecule has 1 aromatic heterocycles. The lowest BCUT2D eigenvalue weighted by Gasteiger charge is -2.09. The second kappa shape index (κ2) is 8.02. The van der Waals surface area contributed by atoms with Gasteiger partial charge in [-0.2, -0.15) is 0 Å². The smallest absolute Gasteiger partial charge is 0.355 e. The Kier molecular flexibility index (Phi) is 5.74. The molecule has 0 unspecified atom stereocenters. The Morgan fingerprint density at radius 2 is 1.92 bits per heavy atom. The maximum absolute atomic E-state index is 12.4. The summed E-state index contributed by atoms with van der Waals surface area (Å²) in [6.45, 7) is 2.08. The van der Waals surface area contributed by atoms with E-state index in [1.54, 1.807) is 26.2 Å². The van der Waals surface area contributed by atoms with Crippen LogP contribution >= 0.6 is 23.2 Å². The van der Waals surface area contributed by atoms with Crippen molar-refractivity contribution in [1.82, 2.24) is 4.98 Å². The number of carbonyl (C=O) groups excluding carboxylic acids is 1. The summed E-state index contributed by atoms with van der Waals surface area (Å²) >= 11 is 12.5. The van der Waals surface area contributed by atoms with Crippen molar-refractivity contribution in [2.45, 2.75) is 19.8 Å². The van der Waals surface area contributed by atoms with Crippen molar-refractivity contribution < 1.29 is 14.3 Å². The molecular weight excluding hydrogens is 373 g/mol. The predicted octanol–water partition coefficient (Wildman–Crippen LogP) is 5.45. The number of aromatic amines is 1. The monoisotopic (exact) mass is 391 g/mol. The number of ether oxygens (including phenoxy) is 2. The minimum Gasteiger partial charge on any atom is -0.496 e. The zero-order valence-corrected chi connectivity index (χ0v) is 16.1. The molecule has 3 aromatic rings. The number of nitrogens with one attached hydrogen (secondary N) is 1. The molecule has 0 saturated carbocycles. The Morgan fingerprint density at radius 1 is 1.15 bits per heavy atom. The summed E-state index contributed by atoms with van der Waals surface area (Å²) in [5.74, 6) is 0.421. The van der Waals surface area contributed by atoms with E-state index in [1.807, 2.05) is 24.3 Å². The van der Waals surface area contributed by atoms with Crippen molar-refractivity contribution in [2.75, 3.05) is 13.7 Å². The number of para-hydroxylation sites is 1. The number of esters is 1. The van der Waals surface area contributed by atoms with Gasteiger partial charge in [-0.15, -0.1) is 0 Å². The van der Waals surface area contributed by atoms with Crippen molar-refractivity contribution in [3.63, 3.8) is 0 Å². The molecular formula is C20H19Cl2NO3. The number of rotatable bonds is 6. The van der Waals surface area contributed by atoms with Gasteiger partial charge in [0.15, 0.2) is 0 Å². The van der Waals surface area contributed by atoms with E-state index in [0.29, 0.717) is 35.2 Å². The first-order valence-corrected chi connectivity index (χ1v) is 9.09. The average molecular weight is 392 g/mol. The first kappa shape index (κ1) is 18.6. The summed E-state index contributed by atoms with van der Waals surface area (Å²) in [5, 5.41) is 1.82. The Bertz CT molecular complexity index is 950. The Hall–Kier alpha value is -2.17. The number of hydrogen-bond donors (Lipinski definition) is 1. The lowest BCUT2D eigenvalue weighted by Crippen LogP contribution is -2.08. The van der Waals surface area contributed by atoms with Crippen LogP contribution in [0.15, 0.2) is 36.4 Å². The molecule has 1 N–H and O–H groups in total. The molecule has 0 aliphatic heterocycles. The van der Waals surface area contributed by atoms with E-state index in [4.69, 9.17) is 32.7 Å². The summed E-state index contributed by atoms with van der Waals surface area (Å²) in [5.41, 5.74) is 3.02. The highest BCUT2D eigenvalue weighted by Crippen LogP contribution is 2.34. The second-order valence-electron chi connectivity index (χ2n) is 5.82. The summed E-state index contributed by atoms with van der Waals surface area (Å²) in [7, 11) is 1.65. The van der Waals surface area contributed by atoms with E-state index in [2.05, 4.69) is 4.98 Å². The standard InChI is InChI=1S/C20H19Cl2NO3/c1-3-26-20(24)19-14(9-8-12-6-4-5-7-17(12)25-2)18-15(22)10-13(21)11-16(18)23-19/h4-7,10-11,23H,3,8-9H2,1-2H3. The highest BCUT2D eigenvalue weighted by molar-refractivity contribution is 6.39. The number of carbonyl (C=O) groups is 1. The maximum Gasteiger partial charge on any atom is 0.355 e. The molecule has 0 aliphatic rings. The summed E-state index contributed by atoms with van der Waals surface area (Å²) < 4.78 is 10.6. The molecule has 4 nitrogen and oxygen atoms in total. The molecule has 1 heterocycles. The van der Waals surface area contributed by atoms with E-state index < -0.39 is 5.97 Å². The second-order valence-corrected chi connectivity index (χ2v) is 6.66. The SMILES string of the molecule is CCOC(=O)c1[nH]c2cc(Cl)cc(Cl)c2c1CCc1ccccc1OC. The van der Waals surface area contributed by atoms with Crippen molar-refractivity contribution in [3.05, 3.63) is 63.3 Å². The van der Waals surface area contributed by atoms with Gasteiger partial charge in [-0.05, 0) is 49.1 Å². The summed E-state index contributed by atoms with van der Waals surface area (Å²) in [6, 6.07) is 11.3. The van der Waals surface area contributed by atoms with Gasteiger partial charge in [0.05, 0.1) is 18.7 Å². The number of benzene rings is 2. The van der Waals surface area contributed by atoms with Crippen LogP contribution < -0.4 is 4.74 Å². The zero-order chi connectivity index (χ0) is 18.7. The van der Waals surface area contributed by atoms with Crippen molar-refractivity contribution >= 4 is 40.1 Å². The van der Waals surface area contributed by atoms with Gasteiger partial charge in [-0.3, -0.25) is 0 Å². The van der Waals surface area contributed by atoms with Crippen LogP contribution in [0.3, 0.4) is 0 Å². The molecule has 0 fully saturated rings. The quantitative estimate of drug-likeness (QED) is 0.568. The van der Waals surface area contributed by atoms with Gasteiger partial charge < -0.3 is 14.5 Å². The highest BCUT2D eigenvalue weighted by Gasteiger charge is 2.21. The molecule has 0 radical (unpaired) electrons. The normalized spacial score (nSPS) is 10.9. The zero-order valence-electron chi connectivity index (χ0n) is 14.6. The fourth-order valence-corrected chi connectivity index (χ4v) is 3.72. The molecule has 0 aliphatic carbocycles. The molecule has 0 spiro atoms. The van der Waals surface area contributed by atoms with E-state index >= 15 is 0 Å². The first-order chi connectivity index (χ1) is 12.5. The predicted molar refractivity (Wildman–Crippen MR) is 105 cm³/mol. The molecule has 0 atom stereocenters. The molecule has 3 rings (SSSR count). The van der Waals surface area contributed by atoms with Gasteiger partial charge >= 0.3 is 5.97 Å². The molecule has 26 heavy (non-hydrogen) atoms. The molecule has 0 amide bonds. The van der Waals surface area contributed by atoms with Crippen LogP contribution in [0.4, 0.5) is 0 Å². The molecule has 136 valence electrons. The first-order valence-electron chi connectivity index (χ1n) is 8.33. The Morgan fingerprint density at radius 3 is 2.65 bits per heavy atom. The van der Waals surface area contributed by atoms with Crippen LogP contribution in [0.5, 0.6) is 5.75 Å². The third-order valence-corrected chi connectivity index (χ3v) is 4.75. The molecule has 6 heteroatoms. The number of fused-ring (bicyclic) bond motifs is 1. The molecule has 0 saturated heterocycles. The van der Waals surface area contributed by atoms with Gasteiger partial charge in [-0.25, -0.2) is 4.79 Å². The lowest BCUT2D eigenvalue weighted by atomic mass is 10.0. The maximum atomic E-state index is 12.4. The topological polar surface area (TPSA) is 51.3 Å². The van der Waals surface area contributed by atoms with Crippen LogP contribution in [0.25, 0.3) is 10.9 Å². The van der Waals surface area contributed by atoms with E-state index in [9.17, 15) is 4.79 Å². The van der Waals surface area contributed by atoms with Crippen LogP contribution in [0, 0.1) is 0 Å². The third kappa shape index (κ3) is 3.67. The van der Waals surface area contributed by atoms with Crippen molar-refractivity contribution in [2.24, 2.45) is 0 Å². The summed E-state index contributed by atoms with van der Waals surface area (Å²) in [6.07, 6.45) is 1.30. The fraction of sp³-hybridized carbons (Fsp3) is 0.250. The van der Waals surface area contributed by atoms with Crippen LogP contribution in [0.2, 0.25) is 10.0 Å². The molecule has 0 bridgehead atoms. The van der Waals surface area contributed by atoms with Crippen molar-refractivity contribution in [1.29, 1.82) is 0 Å². The lowest BCUT2D eigenvalue weighted by molar-refractivity contribution is 0.0519. The molecule has 2 aromatic carbocycles. The number of aromatic nitrogens is 1. The third-order valence-electron chi connectivity index (χ3n) is 4.23. The number of hydrogen-bond acceptors (Lipinski definition) is 3. The van der Waals surface area contributed by atoms with Gasteiger partial charge in [0.25, 0.3) is 0 Å². The minimum absolute atomic E-state index is 0.300. The highest BCUT2D eigenvalue weighted by atomic mass is 35.5. The number of methoxy groups -OCH3 is 1. The summed E-state index contributed by atoms with van der Waals surface area (Å²) in [4.78, 5) is 15.5. The Labute approximate surface area is 162 Å². The van der Waals surface area contributed by atoms with Gasteiger partial charge in [0.1, 0.15) is 11.4 Å². The number of H-pyrrole nitrogens is 1. The van der Waals surface area contributed by atoms with E-state index in [-0.39, 0.29) is 0 Å². The largest absolute Gasteiger partial charge is 0.496 e. The minimum atomic E-state index is -0.397. The van der Waals surface area contributed by atoms with Gasteiger partial charge in [0, 0.05) is 15.9 Å². The Balaban J connectivity index is 2.04. The fourth-order valence-electron chi connectivity index (χ4n) is 3.11. The van der Waals surface area contributed by atoms with E-state index in [1.165, 1.54) is 0 Å². The van der Waals surface area contributed by atoms with Crippen LogP contribution in [-0.2, 0) is 17.6 Å². The number of halogens is 2.